The number of esters is 1. The average Bonchev–Trinajstić information content (AvgIpc) is 2.71. The van der Waals surface area contributed by atoms with Crippen LogP contribution in [0.15, 0.2) is 48.5 Å². The quantitative estimate of drug-likeness (QED) is 0.657. The second kappa shape index (κ2) is 10.9. The van der Waals surface area contributed by atoms with Gasteiger partial charge in [0.2, 0.25) is 0 Å². The Morgan fingerprint density at radius 2 is 1.72 bits per heavy atom. The molecule has 0 unspecified atom stereocenters. The summed E-state index contributed by atoms with van der Waals surface area (Å²) in [5.74, 6) is -0.191. The topological polar surface area (TPSA) is 88.4 Å². The summed E-state index contributed by atoms with van der Waals surface area (Å²) in [6.45, 7) is 5.45. The van der Waals surface area contributed by atoms with Crippen molar-refractivity contribution in [2.24, 2.45) is 5.92 Å². The Balaban J connectivity index is 1.75. The monoisotopic (exact) mass is 394 g/mol. The molecule has 0 saturated carbocycles. The molecule has 2 aromatic rings. The van der Waals surface area contributed by atoms with Gasteiger partial charge in [0.25, 0.3) is 5.91 Å². The molecule has 152 valence electrons. The minimum absolute atomic E-state index is 0.201. The van der Waals surface area contributed by atoms with Crippen LogP contribution >= 0.6 is 0 Å². The molecule has 0 saturated heterocycles. The number of nitrogens with zero attached hydrogens (tertiary/aromatic N) is 1. The third-order valence-corrected chi connectivity index (χ3v) is 4.22. The van der Waals surface area contributed by atoms with E-state index in [0.717, 1.165) is 12.0 Å². The van der Waals surface area contributed by atoms with E-state index >= 15 is 0 Å². The number of para-hydroxylation sites is 1. The highest BCUT2D eigenvalue weighted by Gasteiger charge is 2.13. The Hall–Kier alpha value is -3.33. The number of amides is 1. The molecule has 6 heteroatoms. The molecule has 1 amide bonds. The summed E-state index contributed by atoms with van der Waals surface area (Å²) in [6.07, 6.45) is 1.01. The van der Waals surface area contributed by atoms with Gasteiger partial charge in [-0.3, -0.25) is 4.79 Å². The molecule has 29 heavy (non-hydrogen) atoms. The molecule has 0 aliphatic carbocycles. The fourth-order valence-corrected chi connectivity index (χ4v) is 2.79. The SMILES string of the molecule is CC(C)Cc1ccc([C@@H](C)NC(=O)COC(=O)COc2ccccc2C#N)cc1. The maximum Gasteiger partial charge on any atom is 0.344 e. The summed E-state index contributed by atoms with van der Waals surface area (Å²) in [4.78, 5) is 23.8. The first-order valence-corrected chi connectivity index (χ1v) is 9.54. The molecule has 0 heterocycles. The maximum atomic E-state index is 12.0. The Labute approximate surface area is 171 Å². The molecule has 0 bridgehead atoms. The van der Waals surface area contributed by atoms with Gasteiger partial charge in [0.1, 0.15) is 11.8 Å². The highest BCUT2D eigenvalue weighted by Crippen LogP contribution is 2.17. The van der Waals surface area contributed by atoms with Gasteiger partial charge in [-0.25, -0.2) is 4.79 Å². The Morgan fingerprint density at radius 1 is 1.03 bits per heavy atom. The minimum atomic E-state index is -0.682. The molecule has 0 spiro atoms. The summed E-state index contributed by atoms with van der Waals surface area (Å²) >= 11 is 0. The van der Waals surface area contributed by atoms with E-state index in [1.54, 1.807) is 24.3 Å². The number of hydrogen-bond acceptors (Lipinski definition) is 5. The highest BCUT2D eigenvalue weighted by atomic mass is 16.6. The van der Waals surface area contributed by atoms with Crippen LogP contribution in [0, 0.1) is 17.2 Å². The lowest BCUT2D eigenvalue weighted by Gasteiger charge is -2.15. The number of benzene rings is 2. The number of nitrogens with one attached hydrogen (secondary N) is 1. The van der Waals surface area contributed by atoms with Crippen molar-refractivity contribution in [3.63, 3.8) is 0 Å². The van der Waals surface area contributed by atoms with Crippen LogP contribution in [0.1, 0.15) is 43.5 Å². The summed E-state index contributed by atoms with van der Waals surface area (Å²) in [5, 5.41) is 11.8. The molecule has 0 aromatic heterocycles. The summed E-state index contributed by atoms with van der Waals surface area (Å²) in [5.41, 5.74) is 2.56. The lowest BCUT2D eigenvalue weighted by atomic mass is 10.00. The van der Waals surface area contributed by atoms with Gasteiger partial charge in [-0.15, -0.1) is 0 Å². The van der Waals surface area contributed by atoms with E-state index in [9.17, 15) is 9.59 Å². The standard InChI is InChI=1S/C23H26N2O4/c1-16(2)12-18-8-10-19(11-9-18)17(3)25-22(26)14-29-23(27)15-28-21-7-5-4-6-20(21)13-24/h4-11,16-17H,12,14-15H2,1-3H3,(H,25,26)/t17-/m1/s1. The Kier molecular flexibility index (Phi) is 8.23. The number of carbonyl (C=O) groups is 2. The summed E-state index contributed by atoms with van der Waals surface area (Å²) in [7, 11) is 0. The van der Waals surface area contributed by atoms with E-state index in [0.29, 0.717) is 17.2 Å². The minimum Gasteiger partial charge on any atom is -0.481 e. The number of hydrogen-bond donors (Lipinski definition) is 1. The van der Waals surface area contributed by atoms with Crippen LogP contribution in [-0.4, -0.2) is 25.1 Å². The molecular weight excluding hydrogens is 368 g/mol. The zero-order valence-electron chi connectivity index (χ0n) is 17.0. The van der Waals surface area contributed by atoms with Gasteiger partial charge in [-0.05, 0) is 42.5 Å². The first-order valence-electron chi connectivity index (χ1n) is 9.54. The normalized spacial score (nSPS) is 11.4. The lowest BCUT2D eigenvalue weighted by Crippen LogP contribution is -2.32. The van der Waals surface area contributed by atoms with Crippen LogP contribution in [0.4, 0.5) is 0 Å². The largest absolute Gasteiger partial charge is 0.481 e. The number of ether oxygens (including phenoxy) is 2. The second-order valence-corrected chi connectivity index (χ2v) is 7.19. The van der Waals surface area contributed by atoms with Crippen LogP contribution in [0.5, 0.6) is 5.75 Å². The van der Waals surface area contributed by atoms with Crippen molar-refractivity contribution in [3.05, 3.63) is 65.2 Å². The van der Waals surface area contributed by atoms with Crippen LogP contribution in [-0.2, 0) is 20.7 Å². The van der Waals surface area contributed by atoms with Crippen molar-refractivity contribution in [1.82, 2.24) is 5.32 Å². The van der Waals surface area contributed by atoms with Gasteiger partial charge in [0, 0.05) is 0 Å². The van der Waals surface area contributed by atoms with Crippen molar-refractivity contribution in [3.8, 4) is 11.8 Å². The van der Waals surface area contributed by atoms with E-state index in [2.05, 4.69) is 31.3 Å². The van der Waals surface area contributed by atoms with Crippen LogP contribution in [0.2, 0.25) is 0 Å². The highest BCUT2D eigenvalue weighted by molar-refractivity contribution is 5.81. The summed E-state index contributed by atoms with van der Waals surface area (Å²) < 4.78 is 10.2. The van der Waals surface area contributed by atoms with Gasteiger partial charge < -0.3 is 14.8 Å². The zero-order chi connectivity index (χ0) is 21.2. The maximum absolute atomic E-state index is 12.0. The molecule has 1 atom stereocenters. The number of carbonyl (C=O) groups excluding carboxylic acids is 2. The molecule has 2 rings (SSSR count). The third kappa shape index (κ3) is 7.30. The van der Waals surface area contributed by atoms with Crippen molar-refractivity contribution < 1.29 is 19.1 Å². The fraction of sp³-hybridized carbons (Fsp3) is 0.348. The molecule has 6 nitrogen and oxygen atoms in total. The molecular formula is C23H26N2O4. The number of nitriles is 1. The van der Waals surface area contributed by atoms with Gasteiger partial charge in [-0.2, -0.15) is 5.26 Å². The van der Waals surface area contributed by atoms with Crippen molar-refractivity contribution in [2.45, 2.75) is 33.2 Å². The molecule has 0 radical (unpaired) electrons. The van der Waals surface area contributed by atoms with Gasteiger partial charge in [-0.1, -0.05) is 50.2 Å². The van der Waals surface area contributed by atoms with E-state index in [1.165, 1.54) is 5.56 Å². The predicted molar refractivity (Wildman–Crippen MR) is 109 cm³/mol. The molecule has 2 aromatic carbocycles. The van der Waals surface area contributed by atoms with Crippen molar-refractivity contribution >= 4 is 11.9 Å². The third-order valence-electron chi connectivity index (χ3n) is 4.22. The summed E-state index contributed by atoms with van der Waals surface area (Å²) in [6, 6.07) is 16.5. The first kappa shape index (κ1) is 22.0. The lowest BCUT2D eigenvalue weighted by molar-refractivity contribution is -0.150. The van der Waals surface area contributed by atoms with E-state index < -0.39 is 18.5 Å². The first-order chi connectivity index (χ1) is 13.9. The van der Waals surface area contributed by atoms with Crippen molar-refractivity contribution in [2.75, 3.05) is 13.2 Å². The smallest absolute Gasteiger partial charge is 0.344 e. The van der Waals surface area contributed by atoms with Crippen LogP contribution in [0.25, 0.3) is 0 Å². The van der Waals surface area contributed by atoms with Crippen LogP contribution in [0.3, 0.4) is 0 Å². The average molecular weight is 394 g/mol. The predicted octanol–water partition coefficient (Wildman–Crippen LogP) is 3.56. The van der Waals surface area contributed by atoms with Crippen LogP contribution < -0.4 is 10.1 Å². The van der Waals surface area contributed by atoms with E-state index in [1.807, 2.05) is 25.1 Å². The van der Waals surface area contributed by atoms with Gasteiger partial charge in [0.05, 0.1) is 11.6 Å². The van der Waals surface area contributed by atoms with Gasteiger partial charge in [0.15, 0.2) is 13.2 Å². The Morgan fingerprint density at radius 3 is 2.38 bits per heavy atom. The zero-order valence-corrected chi connectivity index (χ0v) is 17.0. The van der Waals surface area contributed by atoms with Crippen molar-refractivity contribution in [1.29, 1.82) is 5.26 Å². The second-order valence-electron chi connectivity index (χ2n) is 7.19. The van der Waals surface area contributed by atoms with E-state index in [-0.39, 0.29) is 12.6 Å². The van der Waals surface area contributed by atoms with E-state index in [4.69, 9.17) is 14.7 Å². The molecule has 0 aliphatic rings. The Bertz CT molecular complexity index is 869. The van der Waals surface area contributed by atoms with Gasteiger partial charge >= 0.3 is 5.97 Å². The fourth-order valence-electron chi connectivity index (χ4n) is 2.79. The molecule has 0 fully saturated rings. The molecule has 1 N–H and O–H groups in total. The number of rotatable bonds is 9. The molecule has 0 aliphatic heterocycles.